The van der Waals surface area contributed by atoms with E-state index in [1.807, 2.05) is 55.3 Å². The lowest BCUT2D eigenvalue weighted by Crippen LogP contribution is -2.36. The molecule has 0 aliphatic carbocycles. The van der Waals surface area contributed by atoms with E-state index in [4.69, 9.17) is 0 Å². The maximum Gasteiger partial charge on any atom is 0.234 e. The smallest absolute Gasteiger partial charge is 0.234 e. The van der Waals surface area contributed by atoms with Crippen LogP contribution in [0.2, 0.25) is 0 Å². The number of aliphatic hydroxyl groups is 1. The van der Waals surface area contributed by atoms with Crippen molar-refractivity contribution in [2.75, 3.05) is 20.1 Å². The normalized spacial score (nSPS) is 12.2. The number of aryl methyl sites for hydroxylation is 1. The molecule has 0 aliphatic rings. The van der Waals surface area contributed by atoms with Crippen molar-refractivity contribution in [1.82, 2.24) is 15.2 Å². The van der Waals surface area contributed by atoms with Gasteiger partial charge in [-0.25, -0.2) is 0 Å². The van der Waals surface area contributed by atoms with E-state index in [0.717, 1.165) is 16.7 Å². The van der Waals surface area contributed by atoms with Gasteiger partial charge in [-0.1, -0.05) is 29.8 Å². The molecule has 1 heterocycles. The first-order valence-electron chi connectivity index (χ1n) is 7.63. The number of amides is 1. The lowest BCUT2D eigenvalue weighted by Gasteiger charge is -2.17. The fraction of sp³-hybridized carbons (Fsp3) is 0.333. The zero-order valence-corrected chi connectivity index (χ0v) is 13.6. The number of likely N-dealkylation sites (N-methyl/N-ethyl adjacent to an activating group) is 1. The van der Waals surface area contributed by atoms with Gasteiger partial charge in [-0.15, -0.1) is 0 Å². The fourth-order valence-corrected chi connectivity index (χ4v) is 2.27. The van der Waals surface area contributed by atoms with Crippen molar-refractivity contribution < 1.29 is 9.90 Å². The Hall–Kier alpha value is -2.24. The molecule has 1 aromatic carbocycles. The highest BCUT2D eigenvalue weighted by atomic mass is 16.3. The molecule has 23 heavy (non-hydrogen) atoms. The first kappa shape index (κ1) is 17.1. The largest absolute Gasteiger partial charge is 0.387 e. The van der Waals surface area contributed by atoms with Crippen LogP contribution in [0, 0.1) is 6.92 Å². The monoisotopic (exact) mass is 313 g/mol. The number of nitrogens with zero attached hydrogens (tertiary/aromatic N) is 2. The predicted molar refractivity (Wildman–Crippen MR) is 89.7 cm³/mol. The Morgan fingerprint density at radius 3 is 2.52 bits per heavy atom. The van der Waals surface area contributed by atoms with Crippen LogP contribution >= 0.6 is 0 Å². The first-order valence-corrected chi connectivity index (χ1v) is 7.63. The van der Waals surface area contributed by atoms with Crippen LogP contribution in [0.25, 0.3) is 0 Å². The molecule has 0 radical (unpaired) electrons. The summed E-state index contributed by atoms with van der Waals surface area (Å²) in [5.41, 5.74) is 3.05. The molecule has 5 nitrogen and oxygen atoms in total. The van der Waals surface area contributed by atoms with Gasteiger partial charge in [0.1, 0.15) is 0 Å². The summed E-state index contributed by atoms with van der Waals surface area (Å²) in [6, 6.07) is 11.5. The molecule has 0 bridgehead atoms. The zero-order chi connectivity index (χ0) is 16.7. The number of hydrogen-bond donors (Lipinski definition) is 2. The van der Waals surface area contributed by atoms with Gasteiger partial charge < -0.3 is 10.4 Å². The van der Waals surface area contributed by atoms with Crippen molar-refractivity contribution in [2.24, 2.45) is 0 Å². The summed E-state index contributed by atoms with van der Waals surface area (Å²) >= 11 is 0. The molecule has 0 saturated carbocycles. The quantitative estimate of drug-likeness (QED) is 0.816. The van der Waals surface area contributed by atoms with Gasteiger partial charge in [0.25, 0.3) is 0 Å². The van der Waals surface area contributed by atoms with E-state index in [1.54, 1.807) is 12.4 Å². The number of aromatic nitrogens is 1. The number of nitrogens with one attached hydrogen (secondary N) is 1. The molecule has 1 amide bonds. The van der Waals surface area contributed by atoms with Crippen LogP contribution in [0.15, 0.2) is 48.8 Å². The third-order valence-corrected chi connectivity index (χ3v) is 3.57. The van der Waals surface area contributed by atoms with Gasteiger partial charge in [-0.3, -0.25) is 14.7 Å². The molecule has 0 aliphatic heterocycles. The molecule has 1 atom stereocenters. The van der Waals surface area contributed by atoms with E-state index in [0.29, 0.717) is 6.54 Å². The molecule has 0 unspecified atom stereocenters. The van der Waals surface area contributed by atoms with Crippen molar-refractivity contribution >= 4 is 5.91 Å². The van der Waals surface area contributed by atoms with E-state index in [9.17, 15) is 9.90 Å². The van der Waals surface area contributed by atoms with Gasteiger partial charge in [0, 0.05) is 25.5 Å². The van der Waals surface area contributed by atoms with E-state index >= 15 is 0 Å². The molecular formula is C18H23N3O2. The lowest BCUT2D eigenvalue weighted by atomic mass is 10.1. The third kappa shape index (κ3) is 5.81. The van der Waals surface area contributed by atoms with E-state index in [-0.39, 0.29) is 19.0 Å². The number of rotatable bonds is 7. The molecule has 1 aromatic heterocycles. The molecular weight excluding hydrogens is 290 g/mol. The Morgan fingerprint density at radius 2 is 1.87 bits per heavy atom. The van der Waals surface area contributed by atoms with Crippen LogP contribution in [0.5, 0.6) is 0 Å². The second-order valence-corrected chi connectivity index (χ2v) is 5.76. The summed E-state index contributed by atoms with van der Waals surface area (Å²) < 4.78 is 0. The Kier molecular flexibility index (Phi) is 6.26. The van der Waals surface area contributed by atoms with Crippen molar-refractivity contribution in [3.8, 4) is 0 Å². The molecule has 5 heteroatoms. The summed E-state index contributed by atoms with van der Waals surface area (Å²) in [4.78, 5) is 17.8. The van der Waals surface area contributed by atoms with E-state index in [2.05, 4.69) is 10.3 Å². The standard InChI is InChI=1S/C18H23N3O2/c1-14-3-5-16(6-4-14)17(22)11-20-18(23)13-21(2)12-15-7-9-19-10-8-15/h3-10,17,22H,11-13H2,1-2H3,(H,20,23)/t17-/m0/s1. The number of hydrogen-bond acceptors (Lipinski definition) is 4. The highest BCUT2D eigenvalue weighted by molar-refractivity contribution is 5.78. The number of carbonyl (C=O) groups is 1. The minimum absolute atomic E-state index is 0.104. The molecule has 0 spiro atoms. The number of carbonyl (C=O) groups excluding carboxylic acids is 1. The Labute approximate surface area is 137 Å². The summed E-state index contributed by atoms with van der Waals surface area (Å²) in [5.74, 6) is -0.104. The van der Waals surface area contributed by atoms with Gasteiger partial charge in [0.15, 0.2) is 0 Å². The predicted octanol–water partition coefficient (Wildman–Crippen LogP) is 1.67. The van der Waals surface area contributed by atoms with Crippen LogP contribution in [-0.4, -0.2) is 41.0 Å². The Morgan fingerprint density at radius 1 is 1.22 bits per heavy atom. The summed E-state index contributed by atoms with van der Waals surface area (Å²) in [6.45, 7) is 3.17. The summed E-state index contributed by atoms with van der Waals surface area (Å²) in [5, 5.41) is 12.9. The minimum Gasteiger partial charge on any atom is -0.387 e. The average Bonchev–Trinajstić information content (AvgIpc) is 2.54. The maximum absolute atomic E-state index is 12.0. The zero-order valence-electron chi connectivity index (χ0n) is 13.6. The number of pyridine rings is 1. The van der Waals surface area contributed by atoms with Crippen molar-refractivity contribution in [2.45, 2.75) is 19.6 Å². The lowest BCUT2D eigenvalue weighted by molar-refractivity contribution is -0.122. The fourth-order valence-electron chi connectivity index (χ4n) is 2.27. The second kappa shape index (κ2) is 8.41. The SMILES string of the molecule is Cc1ccc([C@@H](O)CNC(=O)CN(C)Cc2ccncc2)cc1. The molecule has 2 aromatic rings. The van der Waals surface area contributed by atoms with Crippen molar-refractivity contribution in [3.63, 3.8) is 0 Å². The van der Waals surface area contributed by atoms with Crippen molar-refractivity contribution in [3.05, 3.63) is 65.5 Å². The van der Waals surface area contributed by atoms with Crippen LogP contribution in [0.1, 0.15) is 22.8 Å². The van der Waals surface area contributed by atoms with Crippen LogP contribution < -0.4 is 5.32 Å². The minimum atomic E-state index is -0.690. The third-order valence-electron chi connectivity index (χ3n) is 3.57. The molecule has 0 fully saturated rings. The Bertz CT molecular complexity index is 614. The molecule has 0 saturated heterocycles. The summed E-state index contributed by atoms with van der Waals surface area (Å²) in [6.07, 6.45) is 2.78. The van der Waals surface area contributed by atoms with Gasteiger partial charge in [0.05, 0.1) is 12.6 Å². The van der Waals surface area contributed by atoms with Gasteiger partial charge >= 0.3 is 0 Å². The van der Waals surface area contributed by atoms with Gasteiger partial charge in [0.2, 0.25) is 5.91 Å². The molecule has 2 N–H and O–H groups in total. The summed E-state index contributed by atoms with van der Waals surface area (Å²) in [7, 11) is 1.89. The second-order valence-electron chi connectivity index (χ2n) is 5.76. The average molecular weight is 313 g/mol. The topological polar surface area (TPSA) is 65.5 Å². The van der Waals surface area contributed by atoms with Crippen LogP contribution in [0.3, 0.4) is 0 Å². The van der Waals surface area contributed by atoms with Gasteiger partial charge in [-0.05, 0) is 37.2 Å². The number of benzene rings is 1. The van der Waals surface area contributed by atoms with Crippen LogP contribution in [0.4, 0.5) is 0 Å². The van der Waals surface area contributed by atoms with Crippen molar-refractivity contribution in [1.29, 1.82) is 0 Å². The van der Waals surface area contributed by atoms with E-state index in [1.165, 1.54) is 0 Å². The maximum atomic E-state index is 12.0. The first-order chi connectivity index (χ1) is 11.0. The van der Waals surface area contributed by atoms with E-state index < -0.39 is 6.10 Å². The van der Waals surface area contributed by atoms with Crippen LogP contribution in [-0.2, 0) is 11.3 Å². The Balaban J connectivity index is 1.75. The molecule has 122 valence electrons. The van der Waals surface area contributed by atoms with Gasteiger partial charge in [-0.2, -0.15) is 0 Å². The molecule has 2 rings (SSSR count). The highest BCUT2D eigenvalue weighted by Gasteiger charge is 2.11. The number of aliphatic hydroxyl groups excluding tert-OH is 1. The highest BCUT2D eigenvalue weighted by Crippen LogP contribution is 2.12.